The van der Waals surface area contributed by atoms with Crippen LogP contribution in [0.15, 0.2) is 0 Å². The molecule has 0 aromatic rings. The number of carbonyl (C=O) groups excluding carboxylic acids is 1. The summed E-state index contributed by atoms with van der Waals surface area (Å²) in [4.78, 5) is 13.0. The van der Waals surface area contributed by atoms with Crippen LogP contribution in [0.3, 0.4) is 0 Å². The summed E-state index contributed by atoms with van der Waals surface area (Å²) in [5.41, 5.74) is 0.0510. The van der Waals surface area contributed by atoms with Gasteiger partial charge in [-0.1, -0.05) is 19.8 Å². The fraction of sp³-hybridized carbons (Fsp3) is 0.944. The van der Waals surface area contributed by atoms with Gasteiger partial charge in [-0.2, -0.15) is 0 Å². The highest BCUT2D eigenvalue weighted by molar-refractivity contribution is 5.83. The predicted molar refractivity (Wildman–Crippen MR) is 80.2 cm³/mol. The molecule has 5 rings (SSSR count). The van der Waals surface area contributed by atoms with E-state index < -0.39 is 0 Å². The number of rotatable bonds is 2. The van der Waals surface area contributed by atoms with Gasteiger partial charge in [-0.05, 0) is 75.0 Å². The summed E-state index contributed by atoms with van der Waals surface area (Å²) in [5.74, 6) is 3.85. The van der Waals surface area contributed by atoms with E-state index in [1.54, 1.807) is 0 Å². The maximum Gasteiger partial charge on any atom is 0.226 e. The molecule has 112 valence electrons. The Morgan fingerprint density at radius 1 is 0.950 bits per heavy atom. The average Bonchev–Trinajstić information content (AvgIpc) is 2.37. The second-order valence-electron chi connectivity index (χ2n) is 8.64. The largest absolute Gasteiger partial charge is 0.353 e. The van der Waals surface area contributed by atoms with E-state index in [2.05, 4.69) is 12.2 Å². The molecule has 0 aliphatic heterocycles. The van der Waals surface area contributed by atoms with Crippen LogP contribution >= 0.6 is 0 Å². The fourth-order valence-corrected chi connectivity index (χ4v) is 6.29. The van der Waals surface area contributed by atoms with Crippen molar-refractivity contribution in [3.05, 3.63) is 0 Å². The third-order valence-corrected chi connectivity index (χ3v) is 6.79. The van der Waals surface area contributed by atoms with E-state index in [1.807, 2.05) is 0 Å². The van der Waals surface area contributed by atoms with Crippen LogP contribution in [0.1, 0.15) is 71.1 Å². The van der Waals surface area contributed by atoms with Gasteiger partial charge in [0.05, 0.1) is 0 Å². The molecule has 0 heterocycles. The summed E-state index contributed by atoms with van der Waals surface area (Å²) in [7, 11) is 0. The normalized spacial score (nSPS) is 50.1. The van der Waals surface area contributed by atoms with Crippen LogP contribution in [0.25, 0.3) is 0 Å². The highest BCUT2D eigenvalue weighted by Gasteiger charge is 2.54. The second kappa shape index (κ2) is 4.74. The summed E-state index contributed by atoms with van der Waals surface area (Å²) in [5, 5.41) is 3.47. The average molecular weight is 275 g/mol. The van der Waals surface area contributed by atoms with E-state index in [0.29, 0.717) is 11.9 Å². The third-order valence-electron chi connectivity index (χ3n) is 6.79. The zero-order chi connectivity index (χ0) is 13.7. The smallest absolute Gasteiger partial charge is 0.226 e. The molecule has 5 aliphatic rings. The van der Waals surface area contributed by atoms with E-state index in [0.717, 1.165) is 23.7 Å². The van der Waals surface area contributed by atoms with Crippen LogP contribution in [0.4, 0.5) is 0 Å². The van der Waals surface area contributed by atoms with Gasteiger partial charge in [0, 0.05) is 11.5 Å². The molecule has 1 amide bonds. The first kappa shape index (κ1) is 13.2. The molecule has 0 saturated heterocycles. The molecule has 5 aliphatic carbocycles. The molecule has 0 aromatic heterocycles. The van der Waals surface area contributed by atoms with E-state index in [1.165, 1.54) is 64.2 Å². The Morgan fingerprint density at radius 3 is 2.10 bits per heavy atom. The minimum absolute atomic E-state index is 0.0510. The molecule has 4 bridgehead atoms. The van der Waals surface area contributed by atoms with Gasteiger partial charge in [-0.3, -0.25) is 4.79 Å². The van der Waals surface area contributed by atoms with Crippen LogP contribution in [0, 0.1) is 29.1 Å². The van der Waals surface area contributed by atoms with Crippen molar-refractivity contribution in [1.29, 1.82) is 0 Å². The van der Waals surface area contributed by atoms with Gasteiger partial charge in [0.15, 0.2) is 0 Å². The quantitative estimate of drug-likeness (QED) is 0.813. The Balaban J connectivity index is 1.45. The Labute approximate surface area is 123 Å². The van der Waals surface area contributed by atoms with Gasteiger partial charge in [0.2, 0.25) is 5.91 Å². The summed E-state index contributed by atoms with van der Waals surface area (Å²) in [6.45, 7) is 2.34. The van der Waals surface area contributed by atoms with Crippen molar-refractivity contribution in [2.45, 2.75) is 77.2 Å². The first-order chi connectivity index (χ1) is 9.63. The summed E-state index contributed by atoms with van der Waals surface area (Å²) >= 11 is 0. The number of hydrogen-bond acceptors (Lipinski definition) is 1. The molecular weight excluding hydrogens is 246 g/mol. The van der Waals surface area contributed by atoms with Crippen LogP contribution in [-0.4, -0.2) is 11.9 Å². The van der Waals surface area contributed by atoms with Crippen LogP contribution in [0.5, 0.6) is 0 Å². The van der Waals surface area contributed by atoms with Crippen LogP contribution in [0.2, 0.25) is 0 Å². The van der Waals surface area contributed by atoms with Crippen molar-refractivity contribution in [3.8, 4) is 0 Å². The molecule has 2 heteroatoms. The SMILES string of the molecule is C[C@@H]1CCC[C@@H](NC(=O)C23CC4CC(CC(C4)C2)C3)C1. The van der Waals surface area contributed by atoms with Crippen molar-refractivity contribution >= 4 is 5.91 Å². The molecule has 20 heavy (non-hydrogen) atoms. The van der Waals surface area contributed by atoms with Crippen molar-refractivity contribution in [2.75, 3.05) is 0 Å². The van der Waals surface area contributed by atoms with E-state index in [9.17, 15) is 4.79 Å². The zero-order valence-corrected chi connectivity index (χ0v) is 12.9. The van der Waals surface area contributed by atoms with Crippen molar-refractivity contribution in [1.82, 2.24) is 5.32 Å². The molecule has 0 radical (unpaired) electrons. The van der Waals surface area contributed by atoms with Crippen molar-refractivity contribution in [3.63, 3.8) is 0 Å². The lowest BCUT2D eigenvalue weighted by atomic mass is 9.49. The highest BCUT2D eigenvalue weighted by Crippen LogP contribution is 2.60. The van der Waals surface area contributed by atoms with Gasteiger partial charge in [0.1, 0.15) is 0 Å². The van der Waals surface area contributed by atoms with Crippen molar-refractivity contribution < 1.29 is 4.79 Å². The summed E-state index contributed by atoms with van der Waals surface area (Å²) < 4.78 is 0. The molecule has 1 N–H and O–H groups in total. The molecule has 0 unspecified atom stereocenters. The summed E-state index contributed by atoms with van der Waals surface area (Å²) in [6, 6.07) is 0.472. The molecule has 0 aromatic carbocycles. The van der Waals surface area contributed by atoms with E-state index >= 15 is 0 Å². The first-order valence-electron chi connectivity index (χ1n) is 8.94. The third kappa shape index (κ3) is 2.19. The maximum atomic E-state index is 13.0. The van der Waals surface area contributed by atoms with Gasteiger partial charge >= 0.3 is 0 Å². The minimum atomic E-state index is 0.0510. The number of carbonyl (C=O) groups is 1. The fourth-order valence-electron chi connectivity index (χ4n) is 6.29. The predicted octanol–water partition coefficient (Wildman–Crippen LogP) is 3.90. The lowest BCUT2D eigenvalue weighted by Crippen LogP contribution is -2.55. The molecular formula is C18H29NO. The van der Waals surface area contributed by atoms with Gasteiger partial charge in [-0.15, -0.1) is 0 Å². The van der Waals surface area contributed by atoms with Crippen LogP contribution < -0.4 is 5.32 Å². The maximum absolute atomic E-state index is 13.0. The van der Waals surface area contributed by atoms with E-state index in [4.69, 9.17) is 0 Å². The second-order valence-corrected chi connectivity index (χ2v) is 8.64. The van der Waals surface area contributed by atoms with E-state index in [-0.39, 0.29) is 5.41 Å². The Morgan fingerprint density at radius 2 is 1.55 bits per heavy atom. The molecule has 5 saturated carbocycles. The van der Waals surface area contributed by atoms with Gasteiger partial charge < -0.3 is 5.32 Å². The van der Waals surface area contributed by atoms with Gasteiger partial charge in [0.25, 0.3) is 0 Å². The van der Waals surface area contributed by atoms with Gasteiger partial charge in [-0.25, -0.2) is 0 Å². The lowest BCUT2D eigenvalue weighted by Gasteiger charge is -2.56. The zero-order valence-electron chi connectivity index (χ0n) is 12.9. The Bertz CT molecular complexity index is 367. The molecule has 2 nitrogen and oxygen atoms in total. The minimum Gasteiger partial charge on any atom is -0.353 e. The van der Waals surface area contributed by atoms with Crippen LogP contribution in [-0.2, 0) is 4.79 Å². The molecule has 0 spiro atoms. The molecule has 2 atom stereocenters. The Hall–Kier alpha value is -0.530. The highest BCUT2D eigenvalue weighted by atomic mass is 16.2. The topological polar surface area (TPSA) is 29.1 Å². The number of amides is 1. The summed E-state index contributed by atoms with van der Waals surface area (Å²) in [6.07, 6.45) is 12.9. The number of hydrogen-bond donors (Lipinski definition) is 1. The molecule has 5 fully saturated rings. The number of nitrogens with one attached hydrogen (secondary N) is 1. The Kier molecular flexibility index (Phi) is 3.12. The van der Waals surface area contributed by atoms with Crippen molar-refractivity contribution in [2.24, 2.45) is 29.1 Å². The lowest BCUT2D eigenvalue weighted by molar-refractivity contribution is -0.147. The standard InChI is InChI=1S/C18H29NO/c1-12-3-2-4-16(5-12)19-17(20)18-9-13-6-14(10-18)8-15(7-13)11-18/h12-16H,2-11H2,1H3,(H,19,20)/t12-,13?,14?,15?,16-,18?/m1/s1. The monoisotopic (exact) mass is 275 g/mol. The first-order valence-corrected chi connectivity index (χ1v) is 8.94.